The summed E-state index contributed by atoms with van der Waals surface area (Å²) in [5.41, 5.74) is 3.83. The van der Waals surface area contributed by atoms with Gasteiger partial charge >= 0.3 is 0 Å². The number of sulfonamides is 1. The van der Waals surface area contributed by atoms with Gasteiger partial charge in [-0.3, -0.25) is 4.31 Å². The Morgan fingerprint density at radius 3 is 2.48 bits per heavy atom. The molecule has 1 aliphatic heterocycles. The van der Waals surface area contributed by atoms with Crippen molar-refractivity contribution >= 4 is 15.7 Å². The Kier molecular flexibility index (Phi) is 4.44. The molecule has 0 radical (unpaired) electrons. The van der Waals surface area contributed by atoms with Crippen LogP contribution in [0.5, 0.6) is 5.75 Å². The van der Waals surface area contributed by atoms with Gasteiger partial charge in [0.25, 0.3) is 10.0 Å². The van der Waals surface area contributed by atoms with Crippen LogP contribution >= 0.6 is 0 Å². The van der Waals surface area contributed by atoms with E-state index < -0.39 is 10.0 Å². The van der Waals surface area contributed by atoms with Crippen molar-refractivity contribution in [3.8, 4) is 11.8 Å². The first-order chi connectivity index (χ1) is 11.9. The molecule has 1 heterocycles. The van der Waals surface area contributed by atoms with E-state index in [0.717, 1.165) is 11.1 Å². The van der Waals surface area contributed by atoms with E-state index in [9.17, 15) is 8.42 Å². The lowest BCUT2D eigenvalue weighted by Gasteiger charge is -2.23. The van der Waals surface area contributed by atoms with Crippen molar-refractivity contribution in [3.63, 3.8) is 0 Å². The molecule has 0 aliphatic carbocycles. The molecule has 0 fully saturated rings. The van der Waals surface area contributed by atoms with Gasteiger partial charge in [0.05, 0.1) is 30.2 Å². The van der Waals surface area contributed by atoms with Gasteiger partial charge in [-0.25, -0.2) is 8.42 Å². The van der Waals surface area contributed by atoms with Crippen molar-refractivity contribution in [2.45, 2.75) is 31.6 Å². The van der Waals surface area contributed by atoms with Gasteiger partial charge in [0.15, 0.2) is 0 Å². The summed E-state index contributed by atoms with van der Waals surface area (Å²) in [4.78, 5) is 0.326. The van der Waals surface area contributed by atoms with E-state index in [1.165, 1.54) is 4.31 Å². The number of benzene rings is 2. The number of fused-ring (bicyclic) bond motifs is 1. The number of nitrogens with zero attached hydrogens (tertiary/aromatic N) is 2. The van der Waals surface area contributed by atoms with Crippen molar-refractivity contribution in [1.29, 1.82) is 5.26 Å². The fourth-order valence-electron chi connectivity index (χ4n) is 3.39. The van der Waals surface area contributed by atoms with Crippen LogP contribution < -0.4 is 9.04 Å². The molecule has 0 bridgehead atoms. The lowest BCUT2D eigenvalue weighted by molar-refractivity contribution is 0.413. The smallest absolute Gasteiger partial charge is 0.264 e. The second kappa shape index (κ2) is 6.41. The monoisotopic (exact) mass is 356 g/mol. The van der Waals surface area contributed by atoms with Gasteiger partial charge in [-0.05, 0) is 60.7 Å². The SMILES string of the molecule is COc1cc(C)c(S(=O)(=O)N2CCc3ccc(CC#N)cc32)c(C)c1. The normalized spacial score (nSPS) is 13.4. The van der Waals surface area contributed by atoms with Gasteiger partial charge in [-0.1, -0.05) is 12.1 Å². The van der Waals surface area contributed by atoms with Crippen LogP contribution in [0.15, 0.2) is 35.2 Å². The molecule has 3 rings (SSSR count). The van der Waals surface area contributed by atoms with Gasteiger partial charge in [0, 0.05) is 6.54 Å². The summed E-state index contributed by atoms with van der Waals surface area (Å²) in [6.45, 7) is 3.98. The first kappa shape index (κ1) is 17.3. The van der Waals surface area contributed by atoms with Crippen LogP contribution in [0, 0.1) is 25.2 Å². The Morgan fingerprint density at radius 2 is 1.88 bits per heavy atom. The van der Waals surface area contributed by atoms with Gasteiger partial charge in [-0.2, -0.15) is 5.26 Å². The number of ether oxygens (including phenoxy) is 1. The maximum absolute atomic E-state index is 13.3. The van der Waals surface area contributed by atoms with Gasteiger partial charge < -0.3 is 4.74 Å². The molecule has 6 heteroatoms. The van der Waals surface area contributed by atoms with Crippen LogP contribution in [0.1, 0.15) is 22.3 Å². The first-order valence-corrected chi connectivity index (χ1v) is 9.49. The highest BCUT2D eigenvalue weighted by Gasteiger charge is 2.33. The minimum atomic E-state index is -3.68. The van der Waals surface area contributed by atoms with Crippen LogP contribution in [0.25, 0.3) is 0 Å². The molecule has 1 aliphatic rings. The maximum atomic E-state index is 13.3. The van der Waals surface area contributed by atoms with Gasteiger partial charge in [0.1, 0.15) is 5.75 Å². The molecule has 2 aromatic carbocycles. The largest absolute Gasteiger partial charge is 0.497 e. The summed E-state index contributed by atoms with van der Waals surface area (Å²) in [6, 6.07) is 11.2. The molecule has 25 heavy (non-hydrogen) atoms. The molecule has 0 spiro atoms. The number of rotatable bonds is 4. The molecule has 5 nitrogen and oxygen atoms in total. The summed E-state index contributed by atoms with van der Waals surface area (Å²) < 4.78 is 33.3. The number of hydrogen-bond acceptors (Lipinski definition) is 4. The third-order valence-corrected chi connectivity index (χ3v) is 6.62. The molecular weight excluding hydrogens is 336 g/mol. The third kappa shape index (κ3) is 2.96. The molecule has 0 saturated carbocycles. The van der Waals surface area contributed by atoms with E-state index in [4.69, 9.17) is 10.00 Å². The molecule has 130 valence electrons. The predicted octanol–water partition coefficient (Wildman–Crippen LogP) is 3.13. The number of nitriles is 1. The second-order valence-electron chi connectivity index (χ2n) is 6.22. The summed E-state index contributed by atoms with van der Waals surface area (Å²) in [5.74, 6) is 0.645. The van der Waals surface area contributed by atoms with Crippen LogP contribution in [0.4, 0.5) is 5.69 Å². The number of anilines is 1. The van der Waals surface area contributed by atoms with Crippen molar-refractivity contribution in [2.75, 3.05) is 18.0 Å². The Morgan fingerprint density at radius 1 is 1.20 bits per heavy atom. The fraction of sp³-hybridized carbons (Fsp3) is 0.316. The van der Waals surface area contributed by atoms with Crippen molar-refractivity contribution in [1.82, 2.24) is 0 Å². The summed E-state index contributed by atoms with van der Waals surface area (Å²) in [7, 11) is -2.11. The van der Waals surface area contributed by atoms with E-state index in [1.807, 2.05) is 18.2 Å². The molecule has 0 N–H and O–H groups in total. The first-order valence-electron chi connectivity index (χ1n) is 8.05. The van der Waals surface area contributed by atoms with Crippen LogP contribution in [0.2, 0.25) is 0 Å². The third-order valence-electron chi connectivity index (χ3n) is 4.50. The number of methoxy groups -OCH3 is 1. The molecule has 0 unspecified atom stereocenters. The van der Waals surface area contributed by atoms with Crippen molar-refractivity contribution < 1.29 is 13.2 Å². The quantitative estimate of drug-likeness (QED) is 0.844. The van der Waals surface area contributed by atoms with Crippen LogP contribution in [0.3, 0.4) is 0 Å². The molecule has 2 aromatic rings. The van der Waals surface area contributed by atoms with E-state index in [2.05, 4.69) is 6.07 Å². The second-order valence-corrected chi connectivity index (χ2v) is 8.01. The Labute approximate surface area is 148 Å². The summed E-state index contributed by atoms with van der Waals surface area (Å²) in [6.07, 6.45) is 0.942. The average Bonchev–Trinajstić information content (AvgIpc) is 2.98. The molecular formula is C19H20N2O3S. The highest BCUT2D eigenvalue weighted by atomic mass is 32.2. The Bertz CT molecular complexity index is 952. The summed E-state index contributed by atoms with van der Waals surface area (Å²) >= 11 is 0. The zero-order valence-electron chi connectivity index (χ0n) is 14.5. The lowest BCUT2D eigenvalue weighted by atomic mass is 10.1. The predicted molar refractivity (Wildman–Crippen MR) is 96.5 cm³/mol. The highest BCUT2D eigenvalue weighted by molar-refractivity contribution is 7.93. The van der Waals surface area contributed by atoms with Crippen molar-refractivity contribution in [3.05, 3.63) is 52.6 Å². The molecule has 0 aromatic heterocycles. The van der Waals surface area contributed by atoms with Crippen LogP contribution in [-0.4, -0.2) is 22.1 Å². The van der Waals surface area contributed by atoms with E-state index in [1.54, 1.807) is 33.1 Å². The zero-order valence-corrected chi connectivity index (χ0v) is 15.4. The number of aryl methyl sites for hydroxylation is 2. The van der Waals surface area contributed by atoms with Gasteiger partial charge in [-0.15, -0.1) is 0 Å². The van der Waals surface area contributed by atoms with E-state index >= 15 is 0 Å². The minimum absolute atomic E-state index is 0.266. The number of hydrogen-bond donors (Lipinski definition) is 0. The standard InChI is InChI=1S/C19H20N2O3S/c1-13-10-17(24-3)11-14(2)19(13)25(22,23)21-9-7-16-5-4-15(6-8-20)12-18(16)21/h4-5,10-12H,6-7,9H2,1-3H3. The molecule has 0 saturated heterocycles. The average molecular weight is 356 g/mol. The van der Waals surface area contributed by atoms with Gasteiger partial charge in [0.2, 0.25) is 0 Å². The van der Waals surface area contributed by atoms with E-state index in [-0.39, 0.29) is 6.42 Å². The van der Waals surface area contributed by atoms with Crippen LogP contribution in [-0.2, 0) is 22.9 Å². The van der Waals surface area contributed by atoms with Crippen molar-refractivity contribution in [2.24, 2.45) is 0 Å². The Hall–Kier alpha value is -2.52. The zero-order chi connectivity index (χ0) is 18.2. The maximum Gasteiger partial charge on any atom is 0.264 e. The molecule has 0 atom stereocenters. The topological polar surface area (TPSA) is 70.4 Å². The highest BCUT2D eigenvalue weighted by Crippen LogP contribution is 2.36. The Balaban J connectivity index is 2.10. The minimum Gasteiger partial charge on any atom is -0.497 e. The fourth-order valence-corrected chi connectivity index (χ4v) is 5.30. The summed E-state index contributed by atoms with van der Waals surface area (Å²) in [5, 5.41) is 8.90. The lowest BCUT2D eigenvalue weighted by Crippen LogP contribution is -2.30. The van der Waals surface area contributed by atoms with E-state index in [0.29, 0.717) is 40.4 Å². The molecule has 0 amide bonds.